The molecule has 0 saturated carbocycles. The van der Waals surface area contributed by atoms with E-state index in [9.17, 15) is 9.59 Å². The first-order valence-electron chi connectivity index (χ1n) is 10.4. The average Bonchev–Trinajstić information content (AvgIpc) is 3.34. The zero-order valence-corrected chi connectivity index (χ0v) is 19.0. The van der Waals surface area contributed by atoms with Crippen LogP contribution in [0.1, 0.15) is 18.4 Å². The van der Waals surface area contributed by atoms with Gasteiger partial charge in [-0.05, 0) is 41.0 Å². The summed E-state index contributed by atoms with van der Waals surface area (Å²) in [5, 5.41) is 16.1. The molecule has 8 heteroatoms. The lowest BCUT2D eigenvalue weighted by Gasteiger charge is -2.13. The molecule has 0 radical (unpaired) electrons. The summed E-state index contributed by atoms with van der Waals surface area (Å²) in [7, 11) is 0. The number of carboxylic acid groups (broad SMARTS) is 1. The lowest BCUT2D eigenvalue weighted by atomic mass is 10.00. The standard InChI is InChI=1S/C25H18N2O4S2/c28-22(29)9-4-12-27-24(30)21(33-25(27)32)14-15-10-11-20-19(13-15)23(31-26-20)18-8-3-6-16-5-1-2-7-17(16)18/h1-3,5-8,10-11,13-14H,4,9,12H2,(H,28,29)/b21-14+. The molecule has 33 heavy (non-hydrogen) atoms. The Bertz CT molecular complexity index is 1450. The molecule has 3 aromatic carbocycles. The number of aliphatic carboxylic acids is 1. The van der Waals surface area contributed by atoms with E-state index in [1.807, 2.05) is 42.5 Å². The van der Waals surface area contributed by atoms with Crippen LogP contribution in [0.15, 0.2) is 70.1 Å². The minimum Gasteiger partial charge on any atom is -0.481 e. The highest BCUT2D eigenvalue weighted by Crippen LogP contribution is 2.36. The van der Waals surface area contributed by atoms with Gasteiger partial charge in [-0.25, -0.2) is 0 Å². The number of aromatic nitrogens is 1. The summed E-state index contributed by atoms with van der Waals surface area (Å²) in [5.74, 6) is -0.409. The molecule has 4 aromatic rings. The number of carboxylic acids is 1. The number of amides is 1. The van der Waals surface area contributed by atoms with Crippen LogP contribution in [0.5, 0.6) is 0 Å². The van der Waals surface area contributed by atoms with Crippen molar-refractivity contribution in [3.8, 4) is 11.3 Å². The quantitative estimate of drug-likeness (QED) is 0.283. The van der Waals surface area contributed by atoms with Crippen LogP contribution >= 0.6 is 24.0 Å². The van der Waals surface area contributed by atoms with E-state index in [4.69, 9.17) is 21.8 Å². The second-order valence-corrected chi connectivity index (χ2v) is 9.32. The lowest BCUT2D eigenvalue weighted by Crippen LogP contribution is -2.29. The Kier molecular flexibility index (Phi) is 5.70. The molecule has 2 heterocycles. The van der Waals surface area contributed by atoms with Crippen LogP contribution in [-0.4, -0.2) is 37.9 Å². The summed E-state index contributed by atoms with van der Waals surface area (Å²) in [6.07, 6.45) is 2.16. The van der Waals surface area contributed by atoms with Gasteiger partial charge in [0.25, 0.3) is 5.91 Å². The Labute approximate surface area is 198 Å². The first kappa shape index (κ1) is 21.4. The molecule has 0 atom stereocenters. The highest BCUT2D eigenvalue weighted by molar-refractivity contribution is 8.26. The molecular formula is C25H18N2O4S2. The second-order valence-electron chi connectivity index (χ2n) is 7.65. The summed E-state index contributed by atoms with van der Waals surface area (Å²) >= 11 is 6.57. The number of thioether (sulfide) groups is 1. The van der Waals surface area contributed by atoms with Gasteiger partial charge in [0.15, 0.2) is 5.76 Å². The third-order valence-corrected chi connectivity index (χ3v) is 6.86. The normalized spacial score (nSPS) is 15.3. The molecule has 1 amide bonds. The van der Waals surface area contributed by atoms with Crippen LogP contribution in [0.2, 0.25) is 0 Å². The fourth-order valence-electron chi connectivity index (χ4n) is 3.90. The van der Waals surface area contributed by atoms with Gasteiger partial charge in [0, 0.05) is 18.5 Å². The smallest absolute Gasteiger partial charge is 0.303 e. The first-order valence-corrected chi connectivity index (χ1v) is 11.6. The molecule has 1 saturated heterocycles. The van der Waals surface area contributed by atoms with Crippen LogP contribution in [0.4, 0.5) is 0 Å². The number of nitrogens with zero attached hydrogens (tertiary/aromatic N) is 2. The number of hydrogen-bond donors (Lipinski definition) is 1. The fourth-order valence-corrected chi connectivity index (χ4v) is 5.21. The van der Waals surface area contributed by atoms with E-state index in [0.29, 0.717) is 28.0 Å². The number of thiocarbonyl (C=S) groups is 1. The number of carbonyl (C=O) groups excluding carboxylic acids is 1. The van der Waals surface area contributed by atoms with E-state index in [2.05, 4.69) is 23.4 Å². The van der Waals surface area contributed by atoms with Gasteiger partial charge in [0.2, 0.25) is 0 Å². The molecule has 1 aromatic heterocycles. The molecule has 164 valence electrons. The van der Waals surface area contributed by atoms with E-state index in [0.717, 1.165) is 32.8 Å². The summed E-state index contributed by atoms with van der Waals surface area (Å²) in [6, 6.07) is 19.9. The second kappa shape index (κ2) is 8.80. The largest absolute Gasteiger partial charge is 0.481 e. The maximum atomic E-state index is 12.8. The Morgan fingerprint density at radius 1 is 1.12 bits per heavy atom. The van der Waals surface area contributed by atoms with E-state index >= 15 is 0 Å². The van der Waals surface area contributed by atoms with E-state index < -0.39 is 5.97 Å². The van der Waals surface area contributed by atoms with Crippen molar-refractivity contribution in [1.29, 1.82) is 0 Å². The monoisotopic (exact) mass is 474 g/mol. The average molecular weight is 475 g/mol. The van der Waals surface area contributed by atoms with Crippen LogP contribution in [-0.2, 0) is 9.59 Å². The highest BCUT2D eigenvalue weighted by Gasteiger charge is 2.31. The zero-order valence-electron chi connectivity index (χ0n) is 17.4. The number of hydrogen-bond acceptors (Lipinski definition) is 6. The van der Waals surface area contributed by atoms with Crippen LogP contribution in [0, 0.1) is 0 Å². The predicted octanol–water partition coefficient (Wildman–Crippen LogP) is 5.71. The van der Waals surface area contributed by atoms with Gasteiger partial charge in [0.05, 0.1) is 10.3 Å². The van der Waals surface area contributed by atoms with E-state index in [-0.39, 0.29) is 12.3 Å². The van der Waals surface area contributed by atoms with Crippen molar-refractivity contribution in [2.45, 2.75) is 12.8 Å². The lowest BCUT2D eigenvalue weighted by molar-refractivity contribution is -0.137. The van der Waals surface area contributed by atoms with Crippen LogP contribution in [0.25, 0.3) is 39.1 Å². The minimum absolute atomic E-state index is 0.00277. The molecule has 1 N–H and O–H groups in total. The Balaban J connectivity index is 1.48. The van der Waals surface area contributed by atoms with Gasteiger partial charge < -0.3 is 9.63 Å². The van der Waals surface area contributed by atoms with Crippen molar-refractivity contribution in [1.82, 2.24) is 10.1 Å². The van der Waals surface area contributed by atoms with Crippen LogP contribution < -0.4 is 0 Å². The van der Waals surface area contributed by atoms with Crippen molar-refractivity contribution >= 4 is 67.9 Å². The molecule has 1 aliphatic rings. The molecule has 0 bridgehead atoms. The molecular weight excluding hydrogens is 456 g/mol. The number of carbonyl (C=O) groups is 2. The minimum atomic E-state index is -0.889. The van der Waals surface area contributed by atoms with Gasteiger partial charge >= 0.3 is 5.97 Å². The maximum absolute atomic E-state index is 12.8. The SMILES string of the molecule is O=C(O)CCCN1C(=O)/C(=C\c2ccc3noc(-c4cccc5ccccc45)c3c2)SC1=S. The molecule has 6 nitrogen and oxygen atoms in total. The Hall–Kier alpha value is -3.49. The third-order valence-electron chi connectivity index (χ3n) is 5.48. The van der Waals surface area contributed by atoms with Gasteiger partial charge in [-0.3, -0.25) is 14.5 Å². The Morgan fingerprint density at radius 2 is 1.94 bits per heavy atom. The van der Waals surface area contributed by atoms with Crippen molar-refractivity contribution in [3.05, 3.63) is 71.1 Å². The number of fused-ring (bicyclic) bond motifs is 2. The summed E-state index contributed by atoms with van der Waals surface area (Å²) < 4.78 is 6.18. The summed E-state index contributed by atoms with van der Waals surface area (Å²) in [6.45, 7) is 0.296. The molecule has 0 unspecified atom stereocenters. The number of benzene rings is 3. The topological polar surface area (TPSA) is 83.6 Å². The summed E-state index contributed by atoms with van der Waals surface area (Å²) in [5.41, 5.74) is 2.52. The van der Waals surface area contributed by atoms with Crippen LogP contribution in [0.3, 0.4) is 0 Å². The van der Waals surface area contributed by atoms with Crippen molar-refractivity contribution in [3.63, 3.8) is 0 Å². The van der Waals surface area contributed by atoms with Gasteiger partial charge in [-0.1, -0.05) is 77.7 Å². The Morgan fingerprint density at radius 3 is 2.79 bits per heavy atom. The number of rotatable bonds is 6. The molecule has 0 aliphatic carbocycles. The molecule has 0 spiro atoms. The molecule has 5 rings (SSSR count). The maximum Gasteiger partial charge on any atom is 0.303 e. The van der Waals surface area contributed by atoms with Gasteiger partial charge in [-0.15, -0.1) is 0 Å². The van der Waals surface area contributed by atoms with Crippen molar-refractivity contribution in [2.24, 2.45) is 0 Å². The van der Waals surface area contributed by atoms with Crippen molar-refractivity contribution < 1.29 is 19.2 Å². The first-order chi connectivity index (χ1) is 16.0. The van der Waals surface area contributed by atoms with Crippen molar-refractivity contribution in [2.75, 3.05) is 6.54 Å². The van der Waals surface area contributed by atoms with Gasteiger partial charge in [0.1, 0.15) is 9.84 Å². The van der Waals surface area contributed by atoms with Gasteiger partial charge in [-0.2, -0.15) is 0 Å². The molecule has 1 fully saturated rings. The highest BCUT2D eigenvalue weighted by atomic mass is 32.2. The summed E-state index contributed by atoms with van der Waals surface area (Å²) in [4.78, 5) is 25.6. The fraction of sp³-hybridized carbons (Fsp3) is 0.120. The van der Waals surface area contributed by atoms with E-state index in [1.165, 1.54) is 16.7 Å². The predicted molar refractivity (Wildman–Crippen MR) is 134 cm³/mol. The van der Waals surface area contributed by atoms with E-state index in [1.54, 1.807) is 6.08 Å². The zero-order chi connectivity index (χ0) is 22.9. The molecule has 1 aliphatic heterocycles. The third kappa shape index (κ3) is 4.15.